The molecule has 5 nitrogen and oxygen atoms in total. The van der Waals surface area contributed by atoms with Crippen molar-refractivity contribution >= 4 is 67.4 Å². The summed E-state index contributed by atoms with van der Waals surface area (Å²) >= 11 is 0. The summed E-state index contributed by atoms with van der Waals surface area (Å²) in [6, 6.07) is 0. The number of hydrogen-bond acceptors (Lipinski definition) is 4. The van der Waals surface area contributed by atoms with Gasteiger partial charge in [-0.3, -0.25) is 8.98 Å². The van der Waals surface area contributed by atoms with Gasteiger partial charge in [-0.15, -0.1) is 0 Å². The van der Waals surface area contributed by atoms with Crippen LogP contribution in [0.15, 0.2) is 11.5 Å². The van der Waals surface area contributed by atoms with Gasteiger partial charge in [0.15, 0.2) is 0 Å². The Labute approximate surface area is 120 Å². The quantitative estimate of drug-likeness (QED) is 0.378. The van der Waals surface area contributed by atoms with Crippen LogP contribution in [-0.4, -0.2) is 72.3 Å². The minimum absolute atomic E-state index is 0. The fraction of sp³-hybridized carbons (Fsp3) is 0.500. The van der Waals surface area contributed by atoms with Gasteiger partial charge in [0.2, 0.25) is 5.91 Å². The van der Waals surface area contributed by atoms with E-state index in [1.807, 2.05) is 0 Å². The Morgan fingerprint density at radius 3 is 2.46 bits per heavy atom. The fourth-order valence-corrected chi connectivity index (χ4v) is 1.17. The summed E-state index contributed by atoms with van der Waals surface area (Å²) in [7, 11) is -3.72. The molecule has 0 rings (SSSR count). The normalized spacial score (nSPS) is 11.2. The van der Waals surface area contributed by atoms with Crippen LogP contribution < -0.4 is 5.73 Å². The van der Waals surface area contributed by atoms with E-state index >= 15 is 0 Å². The van der Waals surface area contributed by atoms with Crippen LogP contribution in [0.4, 0.5) is 0 Å². The van der Waals surface area contributed by atoms with E-state index < -0.39 is 16.0 Å². The summed E-state index contributed by atoms with van der Waals surface area (Å²) in [6.07, 6.45) is 1.33. The molecule has 0 saturated carbocycles. The number of nitrogens with two attached hydrogens (primary N) is 1. The van der Waals surface area contributed by atoms with Gasteiger partial charge in [-0.2, -0.15) is 8.42 Å². The molecule has 7 heteroatoms. The molecule has 2 N–H and O–H groups in total. The van der Waals surface area contributed by atoms with E-state index in [1.54, 1.807) is 6.92 Å². The van der Waals surface area contributed by atoms with E-state index in [2.05, 4.69) is 9.92 Å². The first-order valence-electron chi connectivity index (χ1n) is 3.35. The molecule has 0 saturated heterocycles. The van der Waals surface area contributed by atoms with E-state index in [0.717, 1.165) is 6.08 Å². The van der Waals surface area contributed by atoms with E-state index in [0.29, 0.717) is 11.8 Å². The first-order valence-corrected chi connectivity index (χ1v) is 4.82. The fourth-order valence-electron chi connectivity index (χ4n) is 0.389. The van der Waals surface area contributed by atoms with Gasteiger partial charge >= 0.3 is 51.4 Å². The average Bonchev–Trinajstić information content (AvgIpc) is 1.98. The predicted octanol–water partition coefficient (Wildman–Crippen LogP) is -0.907. The molecule has 0 aromatic carbocycles. The Kier molecular flexibility index (Phi) is 10.1. The van der Waals surface area contributed by atoms with E-state index in [1.165, 1.54) is 0 Å². The first-order chi connectivity index (χ1) is 5.48. The van der Waals surface area contributed by atoms with Gasteiger partial charge in [0.25, 0.3) is 10.1 Å². The van der Waals surface area contributed by atoms with Gasteiger partial charge < -0.3 is 5.73 Å². The second kappa shape index (κ2) is 8.10. The molecule has 13 heavy (non-hydrogen) atoms. The maximum atomic E-state index is 10.8. The van der Waals surface area contributed by atoms with Crippen LogP contribution in [0.3, 0.4) is 0 Å². The van der Waals surface area contributed by atoms with E-state index in [4.69, 9.17) is 0 Å². The average molecular weight is 233 g/mol. The maximum absolute atomic E-state index is 10.8. The van der Waals surface area contributed by atoms with Crippen molar-refractivity contribution < 1.29 is 17.4 Å². The van der Waals surface area contributed by atoms with Crippen molar-refractivity contribution in [3.8, 4) is 0 Å². The third-order valence-electron chi connectivity index (χ3n) is 0.851. The van der Waals surface area contributed by atoms with Crippen LogP contribution in [0.5, 0.6) is 0 Å². The molecule has 0 radical (unpaired) electrons. The summed E-state index contributed by atoms with van der Waals surface area (Å²) in [5, 5.41) is 0.644. The van der Waals surface area contributed by atoms with Crippen LogP contribution >= 0.6 is 0 Å². The van der Waals surface area contributed by atoms with E-state index in [-0.39, 0.29) is 58.0 Å². The third kappa shape index (κ3) is 10.7. The number of rotatable bonds is 5. The summed E-state index contributed by atoms with van der Waals surface area (Å²) in [5.74, 6) is -0.821. The van der Waals surface area contributed by atoms with Crippen LogP contribution in [0.25, 0.3) is 0 Å². The summed E-state index contributed by atoms with van der Waals surface area (Å²) in [4.78, 5) is 10.1. The SMILES string of the molecule is CCCOS(=O)(=O)C=CC(N)=O.[KH]. The van der Waals surface area contributed by atoms with Crippen molar-refractivity contribution in [1.82, 2.24) is 0 Å². The zero-order valence-electron chi connectivity index (χ0n) is 6.69. The van der Waals surface area contributed by atoms with Crippen molar-refractivity contribution in [3.63, 3.8) is 0 Å². The van der Waals surface area contributed by atoms with Crippen LogP contribution in [-0.2, 0) is 19.1 Å². The number of carbonyl (C=O) groups excluding carboxylic acids is 1. The van der Waals surface area contributed by atoms with Crippen LogP contribution in [0, 0.1) is 0 Å². The van der Waals surface area contributed by atoms with Crippen LogP contribution in [0.1, 0.15) is 13.3 Å². The second-order valence-corrected chi connectivity index (χ2v) is 3.51. The van der Waals surface area contributed by atoms with E-state index in [9.17, 15) is 13.2 Å². The third-order valence-corrected chi connectivity index (χ3v) is 1.82. The molecular formula is C6H12KNO4S. The van der Waals surface area contributed by atoms with Gasteiger partial charge in [-0.25, -0.2) is 0 Å². The number of amides is 1. The van der Waals surface area contributed by atoms with Crippen molar-refractivity contribution in [2.45, 2.75) is 13.3 Å². The molecule has 0 aliphatic heterocycles. The van der Waals surface area contributed by atoms with Gasteiger partial charge in [-0.05, 0) is 6.42 Å². The second-order valence-electron chi connectivity index (χ2n) is 2.02. The van der Waals surface area contributed by atoms with Gasteiger partial charge in [0.1, 0.15) is 0 Å². The number of primary amides is 1. The van der Waals surface area contributed by atoms with Crippen molar-refractivity contribution in [3.05, 3.63) is 11.5 Å². The molecule has 0 bridgehead atoms. The monoisotopic (exact) mass is 233 g/mol. The Hall–Kier alpha value is 0.756. The Morgan fingerprint density at radius 2 is 2.08 bits per heavy atom. The molecule has 0 spiro atoms. The Morgan fingerprint density at radius 1 is 1.54 bits per heavy atom. The standard InChI is InChI=1S/C6H11NO4S.K.H/c1-2-4-11-12(9,10)5-3-6(7)8;;/h3,5H,2,4H2,1H3,(H2,7,8);;. The molecule has 0 atom stereocenters. The molecule has 0 unspecified atom stereocenters. The molecule has 0 aliphatic carbocycles. The Balaban J connectivity index is 0. The molecular weight excluding hydrogens is 221 g/mol. The van der Waals surface area contributed by atoms with Gasteiger partial charge in [-0.1, -0.05) is 6.92 Å². The molecule has 0 aliphatic rings. The molecule has 72 valence electrons. The minimum atomic E-state index is -3.72. The van der Waals surface area contributed by atoms with Crippen molar-refractivity contribution in [1.29, 1.82) is 0 Å². The van der Waals surface area contributed by atoms with Crippen LogP contribution in [0.2, 0.25) is 0 Å². The summed E-state index contributed by atoms with van der Waals surface area (Å²) in [6.45, 7) is 1.87. The number of hydrogen-bond donors (Lipinski definition) is 1. The number of carbonyl (C=O) groups is 1. The molecule has 0 fully saturated rings. The topological polar surface area (TPSA) is 86.5 Å². The van der Waals surface area contributed by atoms with Gasteiger partial charge in [0, 0.05) is 6.08 Å². The summed E-state index contributed by atoms with van der Waals surface area (Å²) < 4.78 is 26.0. The molecule has 0 heterocycles. The zero-order valence-corrected chi connectivity index (χ0v) is 7.50. The van der Waals surface area contributed by atoms with Gasteiger partial charge in [0.05, 0.1) is 12.0 Å². The first kappa shape index (κ1) is 16.2. The zero-order chi connectivity index (χ0) is 9.61. The van der Waals surface area contributed by atoms with Crippen molar-refractivity contribution in [2.75, 3.05) is 6.61 Å². The summed E-state index contributed by atoms with van der Waals surface area (Å²) in [5.41, 5.74) is 4.68. The molecule has 0 aromatic heterocycles. The predicted molar refractivity (Wildman–Crippen MR) is 50.6 cm³/mol. The molecule has 1 amide bonds. The molecule has 0 aromatic rings. The van der Waals surface area contributed by atoms with Crippen molar-refractivity contribution in [2.24, 2.45) is 5.73 Å². The Bertz CT molecular complexity index is 272.